The molecule has 0 radical (unpaired) electrons. The Morgan fingerprint density at radius 1 is 1.55 bits per heavy atom. The normalized spacial score (nSPS) is 27.5. The van der Waals surface area contributed by atoms with E-state index in [4.69, 9.17) is 0 Å². The maximum Gasteiger partial charge on any atom is 0.120 e. The molecule has 1 unspecified atom stereocenters. The molecular formula is C9H16FN. The van der Waals surface area contributed by atoms with Crippen molar-refractivity contribution in [2.24, 2.45) is 0 Å². The minimum atomic E-state index is -0.723. The van der Waals surface area contributed by atoms with Gasteiger partial charge >= 0.3 is 0 Å². The molecule has 2 heteroatoms. The lowest BCUT2D eigenvalue weighted by Gasteiger charge is -2.23. The van der Waals surface area contributed by atoms with Crippen LogP contribution in [0.15, 0.2) is 12.2 Å². The van der Waals surface area contributed by atoms with Crippen molar-refractivity contribution in [3.8, 4) is 0 Å². The average molecular weight is 157 g/mol. The summed E-state index contributed by atoms with van der Waals surface area (Å²) in [5.41, 5.74) is 0. The zero-order valence-electron chi connectivity index (χ0n) is 7.26. The van der Waals surface area contributed by atoms with Crippen molar-refractivity contribution in [2.45, 2.75) is 32.5 Å². The van der Waals surface area contributed by atoms with Gasteiger partial charge in [0, 0.05) is 19.1 Å². The molecule has 64 valence electrons. The number of rotatable bonds is 1. The van der Waals surface area contributed by atoms with E-state index in [0.717, 1.165) is 13.1 Å². The molecule has 0 aromatic rings. The molecule has 1 rings (SSSR count). The molecule has 11 heavy (non-hydrogen) atoms. The maximum absolute atomic E-state index is 12.8. The van der Waals surface area contributed by atoms with E-state index < -0.39 is 6.17 Å². The van der Waals surface area contributed by atoms with E-state index in [1.807, 2.05) is 6.08 Å². The summed E-state index contributed by atoms with van der Waals surface area (Å²) in [5, 5.41) is 0. The third kappa shape index (κ3) is 2.62. The van der Waals surface area contributed by atoms with Crippen molar-refractivity contribution in [2.75, 3.05) is 13.1 Å². The maximum atomic E-state index is 12.8. The number of alkyl halides is 1. The predicted molar refractivity (Wildman–Crippen MR) is 45.4 cm³/mol. The van der Waals surface area contributed by atoms with Gasteiger partial charge < -0.3 is 0 Å². The molecule has 0 saturated heterocycles. The van der Waals surface area contributed by atoms with Crippen LogP contribution in [0.2, 0.25) is 0 Å². The fourth-order valence-electron chi connectivity index (χ4n) is 1.29. The Labute approximate surface area is 67.9 Å². The molecule has 1 nitrogen and oxygen atoms in total. The van der Waals surface area contributed by atoms with Crippen LogP contribution in [0.1, 0.15) is 20.3 Å². The van der Waals surface area contributed by atoms with Gasteiger partial charge in [-0.15, -0.1) is 0 Å². The molecule has 0 spiro atoms. The first-order chi connectivity index (χ1) is 5.20. The van der Waals surface area contributed by atoms with Gasteiger partial charge in [0.2, 0.25) is 0 Å². The molecule has 0 N–H and O–H groups in total. The van der Waals surface area contributed by atoms with Crippen LogP contribution >= 0.6 is 0 Å². The Kier molecular flexibility index (Phi) is 3.06. The topological polar surface area (TPSA) is 3.24 Å². The van der Waals surface area contributed by atoms with Crippen LogP contribution in [-0.4, -0.2) is 30.2 Å². The Balaban J connectivity index is 2.43. The van der Waals surface area contributed by atoms with E-state index in [0.29, 0.717) is 12.5 Å². The van der Waals surface area contributed by atoms with Crippen molar-refractivity contribution in [3.63, 3.8) is 0 Å². The number of hydrogen-bond acceptors (Lipinski definition) is 1. The highest BCUT2D eigenvalue weighted by Crippen LogP contribution is 2.09. The SMILES string of the molecule is CC(C)N1CC=CC(F)CC1. The van der Waals surface area contributed by atoms with Gasteiger partial charge in [-0.05, 0) is 20.3 Å². The van der Waals surface area contributed by atoms with E-state index >= 15 is 0 Å². The van der Waals surface area contributed by atoms with Gasteiger partial charge in [0.05, 0.1) is 0 Å². The fraction of sp³-hybridized carbons (Fsp3) is 0.778. The second-order valence-corrected chi connectivity index (χ2v) is 3.32. The van der Waals surface area contributed by atoms with Crippen LogP contribution in [0.5, 0.6) is 0 Å². The van der Waals surface area contributed by atoms with E-state index in [9.17, 15) is 4.39 Å². The minimum Gasteiger partial charge on any atom is -0.297 e. The van der Waals surface area contributed by atoms with Crippen molar-refractivity contribution in [1.82, 2.24) is 4.90 Å². The number of allylic oxidation sites excluding steroid dienone is 1. The van der Waals surface area contributed by atoms with Crippen molar-refractivity contribution >= 4 is 0 Å². The summed E-state index contributed by atoms with van der Waals surface area (Å²) in [6, 6.07) is 0.532. The van der Waals surface area contributed by atoms with Gasteiger partial charge in [-0.1, -0.05) is 12.2 Å². The second kappa shape index (κ2) is 3.86. The lowest BCUT2D eigenvalue weighted by molar-refractivity contribution is 0.229. The van der Waals surface area contributed by atoms with Crippen molar-refractivity contribution < 1.29 is 4.39 Å². The predicted octanol–water partition coefficient (Wildman–Crippen LogP) is 1.99. The number of hydrogen-bond donors (Lipinski definition) is 0. The second-order valence-electron chi connectivity index (χ2n) is 3.32. The molecule has 0 amide bonds. The summed E-state index contributed by atoms with van der Waals surface area (Å²) in [6.07, 6.45) is 3.52. The Bertz CT molecular complexity index is 142. The van der Waals surface area contributed by atoms with Gasteiger partial charge in [-0.2, -0.15) is 0 Å². The monoisotopic (exact) mass is 157 g/mol. The third-order valence-corrected chi connectivity index (χ3v) is 2.11. The van der Waals surface area contributed by atoms with Gasteiger partial charge in [0.1, 0.15) is 6.17 Å². The summed E-state index contributed by atoms with van der Waals surface area (Å²) in [5.74, 6) is 0. The largest absolute Gasteiger partial charge is 0.297 e. The first kappa shape index (κ1) is 8.72. The molecule has 1 heterocycles. The lowest BCUT2D eigenvalue weighted by atomic mass is 10.2. The Morgan fingerprint density at radius 3 is 2.91 bits per heavy atom. The molecule has 0 aliphatic carbocycles. The van der Waals surface area contributed by atoms with Crippen LogP contribution < -0.4 is 0 Å². The van der Waals surface area contributed by atoms with Crippen molar-refractivity contribution in [3.05, 3.63) is 12.2 Å². The fourth-order valence-corrected chi connectivity index (χ4v) is 1.29. The summed E-state index contributed by atoms with van der Waals surface area (Å²) in [6.45, 7) is 6.07. The van der Waals surface area contributed by atoms with Gasteiger partial charge in [-0.25, -0.2) is 4.39 Å². The zero-order valence-corrected chi connectivity index (χ0v) is 7.26. The minimum absolute atomic E-state index is 0.532. The highest BCUT2D eigenvalue weighted by molar-refractivity contribution is 4.95. The Hall–Kier alpha value is -0.370. The summed E-state index contributed by atoms with van der Waals surface area (Å²) >= 11 is 0. The molecule has 1 aliphatic rings. The number of halogens is 1. The standard InChI is InChI=1S/C9H16FN/c1-8(2)11-6-3-4-9(10)5-7-11/h3-4,8-9H,5-7H2,1-2H3. The molecule has 0 bridgehead atoms. The first-order valence-electron chi connectivity index (χ1n) is 4.25. The molecule has 1 aliphatic heterocycles. The summed E-state index contributed by atoms with van der Waals surface area (Å²) in [7, 11) is 0. The van der Waals surface area contributed by atoms with Crippen LogP contribution in [0.3, 0.4) is 0 Å². The molecular weight excluding hydrogens is 141 g/mol. The summed E-state index contributed by atoms with van der Waals surface area (Å²) in [4.78, 5) is 2.27. The van der Waals surface area contributed by atoms with Crippen LogP contribution in [0, 0.1) is 0 Å². The number of nitrogens with zero attached hydrogens (tertiary/aromatic N) is 1. The smallest absolute Gasteiger partial charge is 0.120 e. The van der Waals surface area contributed by atoms with E-state index in [1.54, 1.807) is 6.08 Å². The quantitative estimate of drug-likeness (QED) is 0.526. The summed E-state index contributed by atoms with van der Waals surface area (Å²) < 4.78 is 12.8. The third-order valence-electron chi connectivity index (χ3n) is 2.11. The van der Waals surface area contributed by atoms with Crippen LogP contribution in [-0.2, 0) is 0 Å². The highest BCUT2D eigenvalue weighted by Gasteiger charge is 2.13. The first-order valence-corrected chi connectivity index (χ1v) is 4.25. The zero-order chi connectivity index (χ0) is 8.27. The van der Waals surface area contributed by atoms with Crippen LogP contribution in [0.25, 0.3) is 0 Å². The molecule has 0 saturated carbocycles. The molecule has 1 atom stereocenters. The van der Waals surface area contributed by atoms with E-state index in [1.165, 1.54) is 0 Å². The van der Waals surface area contributed by atoms with Gasteiger partial charge in [0.15, 0.2) is 0 Å². The van der Waals surface area contributed by atoms with Gasteiger partial charge in [0.25, 0.3) is 0 Å². The average Bonchev–Trinajstić information content (AvgIpc) is 2.13. The molecule has 0 fully saturated rings. The molecule has 0 aromatic heterocycles. The van der Waals surface area contributed by atoms with Gasteiger partial charge in [-0.3, -0.25) is 4.90 Å². The van der Waals surface area contributed by atoms with E-state index in [-0.39, 0.29) is 0 Å². The van der Waals surface area contributed by atoms with E-state index in [2.05, 4.69) is 18.7 Å². The Morgan fingerprint density at radius 2 is 2.27 bits per heavy atom. The lowest BCUT2D eigenvalue weighted by Crippen LogP contribution is -2.31. The highest BCUT2D eigenvalue weighted by atomic mass is 19.1. The van der Waals surface area contributed by atoms with Crippen LogP contribution in [0.4, 0.5) is 4.39 Å². The van der Waals surface area contributed by atoms with Crippen molar-refractivity contribution in [1.29, 1.82) is 0 Å². The molecule has 0 aromatic carbocycles.